The van der Waals surface area contributed by atoms with Crippen molar-refractivity contribution in [3.05, 3.63) is 0 Å². The number of ether oxygens (including phenoxy) is 1. The fourth-order valence-electron chi connectivity index (χ4n) is 2.58. The second-order valence-electron chi connectivity index (χ2n) is 4.03. The zero-order valence-electron chi connectivity index (χ0n) is 7.15. The van der Waals surface area contributed by atoms with Gasteiger partial charge in [0.25, 0.3) is 0 Å². The minimum absolute atomic E-state index is 0.160. The lowest BCUT2D eigenvalue weighted by Crippen LogP contribution is -2.45. The van der Waals surface area contributed by atoms with Gasteiger partial charge in [0, 0.05) is 19.8 Å². The highest BCUT2D eigenvalue weighted by Gasteiger charge is 2.39. The largest absolute Gasteiger partial charge is 0.396 e. The Morgan fingerprint density at radius 2 is 1.75 bits per heavy atom. The Hall–Kier alpha value is -0.120. The summed E-state index contributed by atoms with van der Waals surface area (Å²) >= 11 is 0. The monoisotopic (exact) mass is 172 g/mol. The van der Waals surface area contributed by atoms with Gasteiger partial charge >= 0.3 is 0 Å². The van der Waals surface area contributed by atoms with E-state index in [0.29, 0.717) is 17.8 Å². The van der Waals surface area contributed by atoms with Crippen molar-refractivity contribution in [1.82, 2.24) is 0 Å². The second kappa shape index (κ2) is 3.32. The fraction of sp³-hybridized carbons (Fsp3) is 1.00. The Balaban J connectivity index is 2.06. The normalized spacial score (nSPS) is 47.5. The Morgan fingerprint density at radius 3 is 2.25 bits per heavy atom. The van der Waals surface area contributed by atoms with E-state index in [4.69, 9.17) is 9.84 Å². The predicted octanol–water partition coefficient (Wildman–Crippen LogP) is 0.0122. The van der Waals surface area contributed by atoms with Gasteiger partial charge in [0.2, 0.25) is 0 Å². The summed E-state index contributed by atoms with van der Waals surface area (Å²) in [5.41, 5.74) is 0. The topological polar surface area (TPSA) is 49.7 Å². The number of hydrogen-bond donors (Lipinski definition) is 2. The van der Waals surface area contributed by atoms with Gasteiger partial charge in [0.1, 0.15) is 0 Å². The number of fused-ring (bicyclic) bond motifs is 2. The average Bonchev–Trinajstić information content (AvgIpc) is 2.02. The predicted molar refractivity (Wildman–Crippen MR) is 43.6 cm³/mol. The zero-order valence-corrected chi connectivity index (χ0v) is 7.15. The number of rotatable bonds is 1. The summed E-state index contributed by atoms with van der Waals surface area (Å²) in [7, 11) is 0. The summed E-state index contributed by atoms with van der Waals surface area (Å²) in [6.45, 7) is 1.70. The molecule has 0 aromatic heterocycles. The van der Waals surface area contributed by atoms with Crippen LogP contribution in [-0.4, -0.2) is 36.1 Å². The molecule has 1 aliphatic heterocycles. The molecule has 1 heterocycles. The van der Waals surface area contributed by atoms with Crippen LogP contribution in [-0.2, 0) is 4.74 Å². The van der Waals surface area contributed by atoms with Crippen LogP contribution >= 0.6 is 0 Å². The Labute approximate surface area is 72.3 Å². The summed E-state index contributed by atoms with van der Waals surface area (Å²) in [5.74, 6) is 1.15. The molecule has 0 amide bonds. The van der Waals surface area contributed by atoms with Crippen LogP contribution in [0.15, 0.2) is 0 Å². The first kappa shape index (κ1) is 8.48. The highest BCUT2D eigenvalue weighted by atomic mass is 16.5. The quantitative estimate of drug-likeness (QED) is 0.586. The van der Waals surface area contributed by atoms with Gasteiger partial charge in [-0.1, -0.05) is 0 Å². The third-order valence-electron chi connectivity index (χ3n) is 3.24. The lowest BCUT2D eigenvalue weighted by atomic mass is 9.70. The van der Waals surface area contributed by atoms with Crippen molar-refractivity contribution in [2.75, 3.05) is 19.8 Å². The molecule has 12 heavy (non-hydrogen) atoms. The molecular formula is C9H16O3. The molecular weight excluding hydrogens is 156 g/mol. The Morgan fingerprint density at radius 1 is 1.17 bits per heavy atom. The number of aliphatic hydroxyl groups is 2. The van der Waals surface area contributed by atoms with E-state index < -0.39 is 0 Å². The molecule has 2 bridgehead atoms. The van der Waals surface area contributed by atoms with Crippen LogP contribution in [0.2, 0.25) is 0 Å². The van der Waals surface area contributed by atoms with Gasteiger partial charge in [-0.3, -0.25) is 0 Å². The summed E-state index contributed by atoms with van der Waals surface area (Å²) in [6, 6.07) is 0. The maximum atomic E-state index is 9.49. The van der Waals surface area contributed by atoms with E-state index in [0.717, 1.165) is 26.1 Å². The molecule has 1 aliphatic carbocycles. The first-order valence-corrected chi connectivity index (χ1v) is 4.68. The van der Waals surface area contributed by atoms with Gasteiger partial charge < -0.3 is 14.9 Å². The van der Waals surface area contributed by atoms with Crippen molar-refractivity contribution in [1.29, 1.82) is 0 Å². The maximum absolute atomic E-state index is 9.49. The van der Waals surface area contributed by atoms with Crippen LogP contribution in [0.1, 0.15) is 12.8 Å². The van der Waals surface area contributed by atoms with Gasteiger partial charge in [0.15, 0.2) is 0 Å². The number of hydrogen-bond acceptors (Lipinski definition) is 3. The van der Waals surface area contributed by atoms with Crippen LogP contribution in [0, 0.1) is 17.8 Å². The van der Waals surface area contributed by atoms with Crippen molar-refractivity contribution >= 4 is 0 Å². The molecule has 0 aromatic rings. The van der Waals surface area contributed by atoms with Crippen molar-refractivity contribution in [2.45, 2.75) is 18.9 Å². The van der Waals surface area contributed by atoms with Gasteiger partial charge in [-0.05, 0) is 30.6 Å². The Bertz CT molecular complexity index is 146. The van der Waals surface area contributed by atoms with Crippen molar-refractivity contribution in [3.63, 3.8) is 0 Å². The van der Waals surface area contributed by atoms with Gasteiger partial charge in [-0.15, -0.1) is 0 Å². The second-order valence-corrected chi connectivity index (χ2v) is 4.03. The third kappa shape index (κ3) is 1.37. The molecule has 2 N–H and O–H groups in total. The van der Waals surface area contributed by atoms with E-state index in [1.807, 2.05) is 0 Å². The molecule has 2 unspecified atom stereocenters. The summed E-state index contributed by atoms with van der Waals surface area (Å²) in [6.07, 6.45) is 1.45. The summed E-state index contributed by atoms with van der Waals surface area (Å²) in [4.78, 5) is 0. The van der Waals surface area contributed by atoms with Crippen LogP contribution in [0.25, 0.3) is 0 Å². The molecule has 0 aromatic carbocycles. The minimum atomic E-state index is -0.160. The summed E-state index contributed by atoms with van der Waals surface area (Å²) < 4.78 is 5.39. The molecule has 3 nitrogen and oxygen atoms in total. The average molecular weight is 172 g/mol. The van der Waals surface area contributed by atoms with Crippen LogP contribution in [0.3, 0.4) is 0 Å². The first-order valence-electron chi connectivity index (χ1n) is 4.68. The molecule has 0 radical (unpaired) electrons. The van der Waals surface area contributed by atoms with Gasteiger partial charge in [0.05, 0.1) is 6.10 Å². The first-order chi connectivity index (χ1) is 5.81. The smallest absolute Gasteiger partial charge is 0.0547 e. The third-order valence-corrected chi connectivity index (χ3v) is 3.24. The molecule has 2 aliphatic rings. The van der Waals surface area contributed by atoms with Crippen molar-refractivity contribution in [3.8, 4) is 0 Å². The number of aliphatic hydroxyl groups excluding tert-OH is 2. The molecule has 2 rings (SSSR count). The summed E-state index contributed by atoms with van der Waals surface area (Å²) in [5, 5.41) is 18.6. The standard InChI is InChI=1S/C9H16O3/c10-3-9-6-1-8(11)2-7(9)5-12-4-6/h6-11H,1-5H2. The molecule has 1 saturated carbocycles. The van der Waals surface area contributed by atoms with E-state index in [-0.39, 0.29) is 12.7 Å². The molecule has 2 atom stereocenters. The molecule has 70 valence electrons. The van der Waals surface area contributed by atoms with Gasteiger partial charge in [-0.2, -0.15) is 0 Å². The molecule has 2 fully saturated rings. The van der Waals surface area contributed by atoms with Gasteiger partial charge in [-0.25, -0.2) is 0 Å². The molecule has 0 spiro atoms. The SMILES string of the molecule is OCC1C2COCC1CC(O)C2. The van der Waals surface area contributed by atoms with Crippen molar-refractivity contribution < 1.29 is 14.9 Å². The van der Waals surface area contributed by atoms with Crippen LogP contribution < -0.4 is 0 Å². The van der Waals surface area contributed by atoms with E-state index in [1.54, 1.807) is 0 Å². The molecule has 3 heteroatoms. The van der Waals surface area contributed by atoms with Crippen molar-refractivity contribution in [2.24, 2.45) is 17.8 Å². The van der Waals surface area contributed by atoms with E-state index in [9.17, 15) is 5.11 Å². The highest BCUT2D eigenvalue weighted by Crippen LogP contribution is 2.38. The lowest BCUT2D eigenvalue weighted by molar-refractivity contribution is -0.104. The minimum Gasteiger partial charge on any atom is -0.396 e. The lowest BCUT2D eigenvalue weighted by Gasteiger charge is -2.43. The van der Waals surface area contributed by atoms with E-state index in [2.05, 4.69) is 0 Å². The fourth-order valence-corrected chi connectivity index (χ4v) is 2.58. The maximum Gasteiger partial charge on any atom is 0.0547 e. The van der Waals surface area contributed by atoms with E-state index in [1.165, 1.54) is 0 Å². The van der Waals surface area contributed by atoms with Crippen LogP contribution in [0.4, 0.5) is 0 Å². The zero-order chi connectivity index (χ0) is 8.55. The van der Waals surface area contributed by atoms with Crippen LogP contribution in [0.5, 0.6) is 0 Å². The Kier molecular flexibility index (Phi) is 2.35. The highest BCUT2D eigenvalue weighted by molar-refractivity contribution is 4.88. The molecule has 1 saturated heterocycles. The van der Waals surface area contributed by atoms with E-state index >= 15 is 0 Å².